The number of nitrogens with one attached hydrogen (secondary N) is 1. The van der Waals surface area contributed by atoms with Crippen LogP contribution in [0.5, 0.6) is 5.75 Å². The molecule has 0 saturated carbocycles. The number of carboxylic acid groups (broad SMARTS) is 1. The maximum Gasteiger partial charge on any atom is 0.258 e. The van der Waals surface area contributed by atoms with Gasteiger partial charge in [0.05, 0.1) is 12.0 Å². The van der Waals surface area contributed by atoms with Crippen molar-refractivity contribution >= 4 is 23.5 Å². The van der Waals surface area contributed by atoms with Crippen LogP contribution in [0.3, 0.4) is 0 Å². The first-order valence-electron chi connectivity index (χ1n) is 6.20. The monoisotopic (exact) mass is 298 g/mol. The molecule has 1 aromatic rings. The summed E-state index contributed by atoms with van der Waals surface area (Å²) in [4.78, 5) is 22.5. The SMILES string of the molecule is Cc1cc(Cl)ccc1OCC(=O)N[C@@H](C(=O)[O-])C(C)C. The van der Waals surface area contributed by atoms with Gasteiger partial charge < -0.3 is 20.0 Å². The summed E-state index contributed by atoms with van der Waals surface area (Å²) in [6, 6.07) is 3.99. The zero-order valence-electron chi connectivity index (χ0n) is 11.6. The first kappa shape index (κ1) is 16.3. The van der Waals surface area contributed by atoms with E-state index in [1.54, 1.807) is 39.0 Å². The summed E-state index contributed by atoms with van der Waals surface area (Å²) in [6.07, 6.45) is 0. The quantitative estimate of drug-likeness (QED) is 0.847. The zero-order valence-corrected chi connectivity index (χ0v) is 12.4. The molecule has 1 rings (SSSR count). The molecule has 110 valence electrons. The van der Waals surface area contributed by atoms with Crippen molar-refractivity contribution in [3.8, 4) is 5.75 Å². The Kier molecular flexibility index (Phi) is 5.82. The Morgan fingerprint density at radius 1 is 1.40 bits per heavy atom. The molecule has 0 unspecified atom stereocenters. The van der Waals surface area contributed by atoms with Crippen molar-refractivity contribution < 1.29 is 19.4 Å². The van der Waals surface area contributed by atoms with Crippen LogP contribution in [-0.4, -0.2) is 24.5 Å². The number of amides is 1. The number of carboxylic acids is 1. The standard InChI is InChI=1S/C14H18ClNO4/c1-8(2)13(14(18)19)16-12(17)7-20-11-5-4-10(15)6-9(11)3/h4-6,8,13H,7H2,1-3H3,(H,16,17)(H,18,19)/p-1/t13-/m1/s1. The average Bonchev–Trinajstić information content (AvgIpc) is 2.34. The van der Waals surface area contributed by atoms with Crippen molar-refractivity contribution in [2.75, 3.05) is 6.61 Å². The summed E-state index contributed by atoms with van der Waals surface area (Å²) >= 11 is 5.81. The molecule has 1 atom stereocenters. The van der Waals surface area contributed by atoms with Gasteiger partial charge in [-0.15, -0.1) is 0 Å². The minimum atomic E-state index is -1.31. The second-order valence-corrected chi connectivity index (χ2v) is 5.24. The molecular formula is C14H17ClNO4-. The van der Waals surface area contributed by atoms with Crippen LogP contribution in [0.15, 0.2) is 18.2 Å². The predicted molar refractivity (Wildman–Crippen MR) is 73.5 cm³/mol. The Balaban J connectivity index is 2.57. The van der Waals surface area contributed by atoms with Gasteiger partial charge in [0.25, 0.3) is 5.91 Å². The van der Waals surface area contributed by atoms with Gasteiger partial charge in [-0.3, -0.25) is 4.79 Å². The second-order valence-electron chi connectivity index (χ2n) is 4.81. The largest absolute Gasteiger partial charge is 0.548 e. The van der Waals surface area contributed by atoms with Gasteiger partial charge in [-0.1, -0.05) is 25.4 Å². The van der Waals surface area contributed by atoms with E-state index in [0.29, 0.717) is 10.8 Å². The molecule has 0 aromatic heterocycles. The van der Waals surface area contributed by atoms with Gasteiger partial charge >= 0.3 is 0 Å². The summed E-state index contributed by atoms with van der Waals surface area (Å²) < 4.78 is 5.33. The molecule has 1 N–H and O–H groups in total. The molecule has 0 radical (unpaired) electrons. The maximum absolute atomic E-state index is 11.7. The Morgan fingerprint density at radius 2 is 2.05 bits per heavy atom. The van der Waals surface area contributed by atoms with Gasteiger partial charge in [-0.25, -0.2) is 0 Å². The highest BCUT2D eigenvalue weighted by Crippen LogP contribution is 2.21. The number of hydrogen-bond donors (Lipinski definition) is 1. The number of rotatable bonds is 6. The third-order valence-corrected chi connectivity index (χ3v) is 2.97. The molecular weight excluding hydrogens is 282 g/mol. The topological polar surface area (TPSA) is 78.5 Å². The van der Waals surface area contributed by atoms with E-state index >= 15 is 0 Å². The first-order valence-corrected chi connectivity index (χ1v) is 6.58. The highest BCUT2D eigenvalue weighted by Gasteiger charge is 2.17. The lowest BCUT2D eigenvalue weighted by atomic mass is 10.1. The first-order chi connectivity index (χ1) is 9.31. The van der Waals surface area contributed by atoms with Crippen LogP contribution in [0.25, 0.3) is 0 Å². The molecule has 20 heavy (non-hydrogen) atoms. The molecule has 0 saturated heterocycles. The summed E-state index contributed by atoms with van der Waals surface area (Å²) in [7, 11) is 0. The Bertz CT molecular complexity index is 502. The number of aliphatic carboxylic acids is 1. The number of ether oxygens (including phenoxy) is 1. The number of aryl methyl sites for hydroxylation is 1. The van der Waals surface area contributed by atoms with Crippen LogP contribution in [0.1, 0.15) is 19.4 Å². The van der Waals surface area contributed by atoms with Crippen molar-refractivity contribution in [3.63, 3.8) is 0 Å². The minimum Gasteiger partial charge on any atom is -0.548 e. The van der Waals surface area contributed by atoms with Gasteiger partial charge in [0.2, 0.25) is 0 Å². The molecule has 5 nitrogen and oxygen atoms in total. The molecule has 6 heteroatoms. The molecule has 0 aliphatic carbocycles. The summed E-state index contributed by atoms with van der Waals surface area (Å²) in [5.41, 5.74) is 0.797. The van der Waals surface area contributed by atoms with Crippen molar-refractivity contribution in [1.29, 1.82) is 0 Å². The fourth-order valence-corrected chi connectivity index (χ4v) is 1.86. The van der Waals surface area contributed by atoms with Gasteiger partial charge in [0, 0.05) is 5.02 Å². The summed E-state index contributed by atoms with van der Waals surface area (Å²) in [5, 5.41) is 13.8. The molecule has 0 fully saturated rings. The van der Waals surface area contributed by atoms with Gasteiger partial charge in [-0.2, -0.15) is 0 Å². The number of carbonyl (C=O) groups excluding carboxylic acids is 2. The average molecular weight is 299 g/mol. The fourth-order valence-electron chi connectivity index (χ4n) is 1.63. The summed E-state index contributed by atoms with van der Waals surface area (Å²) in [5.74, 6) is -1.56. The van der Waals surface area contributed by atoms with E-state index in [2.05, 4.69) is 5.32 Å². The lowest BCUT2D eigenvalue weighted by molar-refractivity contribution is -0.309. The van der Waals surface area contributed by atoms with Crippen LogP contribution in [0.4, 0.5) is 0 Å². The van der Waals surface area contributed by atoms with Gasteiger partial charge in [0.15, 0.2) is 6.61 Å². The highest BCUT2D eigenvalue weighted by molar-refractivity contribution is 6.30. The van der Waals surface area contributed by atoms with Crippen molar-refractivity contribution in [3.05, 3.63) is 28.8 Å². The fraction of sp³-hybridized carbons (Fsp3) is 0.429. The van der Waals surface area contributed by atoms with Crippen LogP contribution < -0.4 is 15.2 Å². The Hall–Kier alpha value is -1.75. The lowest BCUT2D eigenvalue weighted by Gasteiger charge is -2.23. The maximum atomic E-state index is 11.7. The van der Waals surface area contributed by atoms with Crippen LogP contribution in [0.2, 0.25) is 5.02 Å². The number of benzene rings is 1. The Labute approximate surface area is 122 Å². The van der Waals surface area contributed by atoms with E-state index < -0.39 is 17.9 Å². The predicted octanol–water partition coefficient (Wildman–Crippen LogP) is 0.918. The van der Waals surface area contributed by atoms with Crippen LogP contribution in [-0.2, 0) is 9.59 Å². The van der Waals surface area contributed by atoms with E-state index in [1.165, 1.54) is 0 Å². The smallest absolute Gasteiger partial charge is 0.258 e. The third kappa shape index (κ3) is 4.74. The lowest BCUT2D eigenvalue weighted by Crippen LogP contribution is -2.51. The van der Waals surface area contributed by atoms with Crippen molar-refractivity contribution in [1.82, 2.24) is 5.32 Å². The zero-order chi connectivity index (χ0) is 15.3. The Morgan fingerprint density at radius 3 is 2.55 bits per heavy atom. The number of hydrogen-bond acceptors (Lipinski definition) is 4. The van der Waals surface area contributed by atoms with E-state index in [4.69, 9.17) is 16.3 Å². The third-order valence-electron chi connectivity index (χ3n) is 2.73. The molecule has 0 bridgehead atoms. The minimum absolute atomic E-state index is 0.263. The summed E-state index contributed by atoms with van der Waals surface area (Å²) in [6.45, 7) is 4.91. The number of carbonyl (C=O) groups is 2. The van der Waals surface area contributed by atoms with E-state index in [1.807, 2.05) is 0 Å². The van der Waals surface area contributed by atoms with Crippen LogP contribution >= 0.6 is 11.6 Å². The van der Waals surface area contributed by atoms with Gasteiger partial charge in [0.1, 0.15) is 5.75 Å². The number of halogens is 1. The molecule has 0 heterocycles. The molecule has 0 spiro atoms. The molecule has 1 amide bonds. The van der Waals surface area contributed by atoms with E-state index in [0.717, 1.165) is 5.56 Å². The molecule has 0 aliphatic heterocycles. The second kappa shape index (κ2) is 7.14. The molecule has 0 aliphatic rings. The van der Waals surface area contributed by atoms with Crippen LogP contribution in [0, 0.1) is 12.8 Å². The van der Waals surface area contributed by atoms with Gasteiger partial charge in [-0.05, 0) is 36.6 Å². The highest BCUT2D eigenvalue weighted by atomic mass is 35.5. The molecule has 1 aromatic carbocycles. The normalized spacial score (nSPS) is 12.1. The van der Waals surface area contributed by atoms with Crippen molar-refractivity contribution in [2.24, 2.45) is 5.92 Å². The van der Waals surface area contributed by atoms with E-state index in [-0.39, 0.29) is 12.5 Å². The van der Waals surface area contributed by atoms with E-state index in [9.17, 15) is 14.7 Å². The van der Waals surface area contributed by atoms with Crippen molar-refractivity contribution in [2.45, 2.75) is 26.8 Å².